The molecule has 1 heterocycles. The highest BCUT2D eigenvalue weighted by atomic mass is 16.6. The van der Waals surface area contributed by atoms with Crippen LogP contribution in [0.5, 0.6) is 11.5 Å². The first-order valence-electron chi connectivity index (χ1n) is 8.48. The molecule has 1 aliphatic heterocycles. The van der Waals surface area contributed by atoms with Crippen LogP contribution in [-0.2, 0) is 16.0 Å². The van der Waals surface area contributed by atoms with E-state index in [1.54, 1.807) is 30.3 Å². The summed E-state index contributed by atoms with van der Waals surface area (Å²) in [7, 11) is 3.03. The molecule has 0 spiro atoms. The standard InChI is InChI=1S/C20H18N2O6/c1-4-13-6-5-12(8-18(13)22(24)25)7-17-20(23)28-19(21-17)14-9-15(26-2)11-16(10-14)27-3/h5-11H,4H2,1-3H3/b17-7-. The van der Waals surface area contributed by atoms with Gasteiger partial charge in [-0.2, -0.15) is 0 Å². The quantitative estimate of drug-likeness (QED) is 0.328. The molecule has 0 saturated carbocycles. The van der Waals surface area contributed by atoms with Gasteiger partial charge in [-0.25, -0.2) is 9.79 Å². The minimum Gasteiger partial charge on any atom is -0.497 e. The summed E-state index contributed by atoms with van der Waals surface area (Å²) in [6, 6.07) is 9.81. The number of nitrogens with zero attached hydrogens (tertiary/aromatic N) is 2. The van der Waals surface area contributed by atoms with E-state index < -0.39 is 10.9 Å². The molecule has 3 rings (SSSR count). The average Bonchev–Trinajstić information content (AvgIpc) is 3.07. The minimum atomic E-state index is -0.640. The highest BCUT2D eigenvalue weighted by Crippen LogP contribution is 2.27. The Morgan fingerprint density at radius 1 is 1.14 bits per heavy atom. The first kappa shape index (κ1) is 19.1. The molecule has 0 saturated heterocycles. The van der Waals surface area contributed by atoms with Crippen LogP contribution in [0.3, 0.4) is 0 Å². The Morgan fingerprint density at radius 3 is 2.39 bits per heavy atom. The number of aryl methyl sites for hydroxylation is 1. The van der Waals surface area contributed by atoms with E-state index in [1.807, 2.05) is 6.92 Å². The number of hydrogen-bond donors (Lipinski definition) is 0. The van der Waals surface area contributed by atoms with Gasteiger partial charge in [0.05, 0.1) is 19.1 Å². The number of hydrogen-bond acceptors (Lipinski definition) is 7. The van der Waals surface area contributed by atoms with Gasteiger partial charge in [-0.3, -0.25) is 10.1 Å². The Hall–Kier alpha value is -3.68. The van der Waals surface area contributed by atoms with Crippen molar-refractivity contribution in [2.75, 3.05) is 14.2 Å². The number of carbonyl (C=O) groups excluding carboxylic acids is 1. The third-order valence-electron chi connectivity index (χ3n) is 4.21. The van der Waals surface area contributed by atoms with Gasteiger partial charge in [-0.15, -0.1) is 0 Å². The summed E-state index contributed by atoms with van der Waals surface area (Å²) in [6.07, 6.45) is 1.99. The number of methoxy groups -OCH3 is 2. The molecule has 0 bridgehead atoms. The van der Waals surface area contributed by atoms with Crippen molar-refractivity contribution in [3.05, 3.63) is 68.9 Å². The molecule has 8 nitrogen and oxygen atoms in total. The van der Waals surface area contributed by atoms with Crippen LogP contribution in [0.15, 0.2) is 47.1 Å². The number of cyclic esters (lactones) is 1. The van der Waals surface area contributed by atoms with Gasteiger partial charge in [-0.05, 0) is 30.2 Å². The molecule has 2 aromatic rings. The normalized spacial score (nSPS) is 14.6. The van der Waals surface area contributed by atoms with Crippen LogP contribution in [0, 0.1) is 10.1 Å². The summed E-state index contributed by atoms with van der Waals surface area (Å²) in [5, 5.41) is 11.2. The van der Waals surface area contributed by atoms with Crippen LogP contribution in [0.1, 0.15) is 23.6 Å². The highest BCUT2D eigenvalue weighted by Gasteiger charge is 2.25. The van der Waals surface area contributed by atoms with Gasteiger partial charge in [0.15, 0.2) is 5.70 Å². The zero-order valence-electron chi connectivity index (χ0n) is 15.6. The molecule has 0 fully saturated rings. The SMILES string of the molecule is CCc1ccc(/C=C2\N=C(c3cc(OC)cc(OC)c3)OC2=O)cc1[N+](=O)[O-]. The molecule has 8 heteroatoms. The summed E-state index contributed by atoms with van der Waals surface area (Å²) < 4.78 is 15.7. The maximum atomic E-state index is 12.2. The Balaban J connectivity index is 1.98. The van der Waals surface area contributed by atoms with Crippen molar-refractivity contribution in [3.8, 4) is 11.5 Å². The summed E-state index contributed by atoms with van der Waals surface area (Å²) in [5.41, 5.74) is 1.68. The van der Waals surface area contributed by atoms with Crippen LogP contribution < -0.4 is 9.47 Å². The van der Waals surface area contributed by atoms with Gasteiger partial charge in [0, 0.05) is 23.3 Å². The third kappa shape index (κ3) is 3.85. The molecule has 2 aromatic carbocycles. The van der Waals surface area contributed by atoms with Crippen LogP contribution in [-0.4, -0.2) is 31.0 Å². The predicted octanol–water partition coefficient (Wildman–Crippen LogP) is 3.52. The van der Waals surface area contributed by atoms with Crippen molar-refractivity contribution in [1.82, 2.24) is 0 Å². The molecule has 0 aliphatic carbocycles. The van der Waals surface area contributed by atoms with E-state index in [4.69, 9.17) is 14.2 Å². The van der Waals surface area contributed by atoms with Crippen molar-refractivity contribution < 1.29 is 23.9 Å². The van der Waals surface area contributed by atoms with E-state index >= 15 is 0 Å². The summed E-state index contributed by atoms with van der Waals surface area (Å²) in [5.74, 6) is 0.514. The van der Waals surface area contributed by atoms with E-state index in [9.17, 15) is 14.9 Å². The summed E-state index contributed by atoms with van der Waals surface area (Å²) in [6.45, 7) is 1.84. The highest BCUT2D eigenvalue weighted by molar-refractivity contribution is 6.13. The maximum Gasteiger partial charge on any atom is 0.363 e. The van der Waals surface area contributed by atoms with Gasteiger partial charge < -0.3 is 14.2 Å². The topological polar surface area (TPSA) is 100 Å². The fourth-order valence-corrected chi connectivity index (χ4v) is 2.76. The van der Waals surface area contributed by atoms with Crippen molar-refractivity contribution in [2.24, 2.45) is 4.99 Å². The van der Waals surface area contributed by atoms with Crippen molar-refractivity contribution in [3.63, 3.8) is 0 Å². The van der Waals surface area contributed by atoms with Crippen molar-refractivity contribution in [1.29, 1.82) is 0 Å². The molecule has 0 unspecified atom stereocenters. The third-order valence-corrected chi connectivity index (χ3v) is 4.21. The van der Waals surface area contributed by atoms with Gasteiger partial charge in [0.25, 0.3) is 5.69 Å². The summed E-state index contributed by atoms with van der Waals surface area (Å²) in [4.78, 5) is 27.2. The molecule has 0 aromatic heterocycles. The molecule has 144 valence electrons. The molecule has 28 heavy (non-hydrogen) atoms. The summed E-state index contributed by atoms with van der Waals surface area (Å²) >= 11 is 0. The number of nitro benzene ring substituents is 1. The van der Waals surface area contributed by atoms with E-state index in [0.29, 0.717) is 34.6 Å². The lowest BCUT2D eigenvalue weighted by Gasteiger charge is -2.07. The Kier molecular flexibility index (Phi) is 5.39. The van der Waals surface area contributed by atoms with Crippen LogP contribution in [0.25, 0.3) is 6.08 Å². The lowest BCUT2D eigenvalue weighted by molar-refractivity contribution is -0.385. The fraction of sp³-hybridized carbons (Fsp3) is 0.200. The average molecular weight is 382 g/mol. The number of ether oxygens (including phenoxy) is 3. The minimum absolute atomic E-state index is 0.00458. The van der Waals surface area contributed by atoms with Gasteiger partial charge in [0.1, 0.15) is 11.5 Å². The predicted molar refractivity (Wildman–Crippen MR) is 103 cm³/mol. The van der Waals surface area contributed by atoms with Crippen LogP contribution >= 0.6 is 0 Å². The van der Waals surface area contributed by atoms with E-state index in [2.05, 4.69) is 4.99 Å². The molecule has 0 atom stereocenters. The molecule has 1 aliphatic rings. The van der Waals surface area contributed by atoms with Crippen molar-refractivity contribution >= 4 is 23.6 Å². The molecule has 0 N–H and O–H groups in total. The number of benzene rings is 2. The van der Waals surface area contributed by atoms with Gasteiger partial charge in [-0.1, -0.05) is 19.1 Å². The van der Waals surface area contributed by atoms with Crippen LogP contribution in [0.4, 0.5) is 5.69 Å². The Morgan fingerprint density at radius 2 is 1.82 bits per heavy atom. The van der Waals surface area contributed by atoms with Crippen LogP contribution in [0.2, 0.25) is 0 Å². The zero-order chi connectivity index (χ0) is 20.3. The Bertz CT molecular complexity index is 988. The fourth-order valence-electron chi connectivity index (χ4n) is 2.76. The lowest BCUT2D eigenvalue weighted by Crippen LogP contribution is -2.06. The number of rotatable bonds is 6. The number of esters is 1. The first-order chi connectivity index (χ1) is 13.4. The Labute approximate surface area is 161 Å². The van der Waals surface area contributed by atoms with Gasteiger partial charge in [0.2, 0.25) is 5.90 Å². The van der Waals surface area contributed by atoms with E-state index in [-0.39, 0.29) is 17.3 Å². The first-order valence-corrected chi connectivity index (χ1v) is 8.48. The molecular weight excluding hydrogens is 364 g/mol. The zero-order valence-corrected chi connectivity index (χ0v) is 15.6. The largest absolute Gasteiger partial charge is 0.497 e. The van der Waals surface area contributed by atoms with E-state index in [0.717, 1.165) is 0 Å². The van der Waals surface area contributed by atoms with E-state index in [1.165, 1.54) is 26.4 Å². The second-order valence-electron chi connectivity index (χ2n) is 5.94. The molecular formula is C20H18N2O6. The number of nitro groups is 1. The number of carbonyl (C=O) groups is 1. The smallest absolute Gasteiger partial charge is 0.363 e. The monoisotopic (exact) mass is 382 g/mol. The number of aliphatic imine (C=N–C) groups is 1. The van der Waals surface area contributed by atoms with Gasteiger partial charge >= 0.3 is 5.97 Å². The lowest BCUT2D eigenvalue weighted by atomic mass is 10.1. The second-order valence-corrected chi connectivity index (χ2v) is 5.94. The maximum absolute atomic E-state index is 12.2. The molecule has 0 radical (unpaired) electrons. The molecule has 0 amide bonds. The van der Waals surface area contributed by atoms with Crippen molar-refractivity contribution in [2.45, 2.75) is 13.3 Å². The second kappa shape index (κ2) is 7.91.